The third kappa shape index (κ3) is 4.94. The molecule has 2 aliphatic carbocycles. The average molecular weight is 365 g/mol. The van der Waals surface area contributed by atoms with Crippen molar-refractivity contribution in [2.75, 3.05) is 13.6 Å². The van der Waals surface area contributed by atoms with Crippen LogP contribution in [0.4, 0.5) is 0 Å². The van der Waals surface area contributed by atoms with Crippen LogP contribution in [-0.2, 0) is 0 Å². The van der Waals surface area contributed by atoms with E-state index in [2.05, 4.69) is 29.5 Å². The van der Waals surface area contributed by atoms with Gasteiger partial charge in [-0.05, 0) is 56.8 Å². The molecule has 18 heavy (non-hydrogen) atoms. The predicted molar refractivity (Wildman–Crippen MR) is 88.6 cm³/mol. The number of guanidine groups is 1. The molecule has 1 unspecified atom stereocenters. The monoisotopic (exact) mass is 365 g/mol. The van der Waals surface area contributed by atoms with Gasteiger partial charge in [0.2, 0.25) is 0 Å². The van der Waals surface area contributed by atoms with Gasteiger partial charge in [-0.2, -0.15) is 0 Å². The van der Waals surface area contributed by atoms with Gasteiger partial charge in [-0.15, -0.1) is 24.0 Å². The maximum atomic E-state index is 4.30. The second-order valence-electron chi connectivity index (χ2n) is 5.75. The molecule has 1 atom stereocenters. The predicted octanol–water partition coefficient (Wildman–Crippen LogP) is 3.00. The van der Waals surface area contributed by atoms with Crippen molar-refractivity contribution in [3.05, 3.63) is 0 Å². The lowest BCUT2D eigenvalue weighted by Gasteiger charge is -2.20. The summed E-state index contributed by atoms with van der Waals surface area (Å²) in [6, 6.07) is 0.501. The molecule has 2 fully saturated rings. The highest BCUT2D eigenvalue weighted by molar-refractivity contribution is 14.0. The van der Waals surface area contributed by atoms with Gasteiger partial charge in [-0.3, -0.25) is 4.99 Å². The molecule has 0 aromatic rings. The van der Waals surface area contributed by atoms with Crippen molar-refractivity contribution in [2.45, 2.75) is 52.0 Å². The van der Waals surface area contributed by atoms with E-state index >= 15 is 0 Å². The van der Waals surface area contributed by atoms with Gasteiger partial charge in [-0.1, -0.05) is 6.92 Å². The van der Waals surface area contributed by atoms with Crippen LogP contribution in [0.25, 0.3) is 0 Å². The summed E-state index contributed by atoms with van der Waals surface area (Å²) >= 11 is 0. The number of aliphatic imine (C=N–C) groups is 1. The number of nitrogens with one attached hydrogen (secondary N) is 2. The molecule has 0 aromatic carbocycles. The van der Waals surface area contributed by atoms with Gasteiger partial charge in [0, 0.05) is 19.6 Å². The molecule has 0 amide bonds. The van der Waals surface area contributed by atoms with Crippen LogP contribution in [0.2, 0.25) is 0 Å². The van der Waals surface area contributed by atoms with E-state index in [1.54, 1.807) is 0 Å². The zero-order valence-corrected chi connectivity index (χ0v) is 14.2. The molecule has 0 radical (unpaired) electrons. The molecule has 0 saturated heterocycles. The largest absolute Gasteiger partial charge is 0.356 e. The lowest BCUT2D eigenvalue weighted by molar-refractivity contribution is 0.399. The van der Waals surface area contributed by atoms with E-state index in [0.717, 1.165) is 36.7 Å². The Morgan fingerprint density at radius 3 is 2.17 bits per heavy atom. The molecule has 2 saturated carbocycles. The normalized spacial score (nSPS) is 21.4. The molecule has 2 aliphatic rings. The van der Waals surface area contributed by atoms with Crippen LogP contribution in [0.5, 0.6) is 0 Å². The third-order valence-corrected chi connectivity index (χ3v) is 4.18. The first-order valence-corrected chi connectivity index (χ1v) is 7.21. The van der Waals surface area contributed by atoms with Crippen molar-refractivity contribution < 1.29 is 0 Å². The van der Waals surface area contributed by atoms with Gasteiger partial charge in [0.25, 0.3) is 0 Å². The van der Waals surface area contributed by atoms with E-state index in [1.807, 2.05) is 7.05 Å². The van der Waals surface area contributed by atoms with Crippen molar-refractivity contribution in [3.8, 4) is 0 Å². The molecular formula is C14H28IN3. The molecule has 0 bridgehead atoms. The summed E-state index contributed by atoms with van der Waals surface area (Å²) in [7, 11) is 1.86. The van der Waals surface area contributed by atoms with E-state index in [0.29, 0.717) is 6.04 Å². The minimum absolute atomic E-state index is 0. The Kier molecular flexibility index (Phi) is 6.74. The van der Waals surface area contributed by atoms with Gasteiger partial charge < -0.3 is 10.6 Å². The van der Waals surface area contributed by atoms with Crippen LogP contribution in [-0.4, -0.2) is 25.6 Å². The maximum absolute atomic E-state index is 4.30. The lowest BCUT2D eigenvalue weighted by atomic mass is 9.98. The molecule has 2 rings (SSSR count). The SMILES string of the molecule is CCC(C)NC(=NC)NCC(C1CC1)C1CC1.I. The molecule has 0 heterocycles. The Morgan fingerprint density at radius 2 is 1.78 bits per heavy atom. The number of hydrogen-bond donors (Lipinski definition) is 2. The Hall–Kier alpha value is 0. The van der Waals surface area contributed by atoms with Crippen molar-refractivity contribution in [1.82, 2.24) is 10.6 Å². The molecule has 0 aromatic heterocycles. The summed E-state index contributed by atoms with van der Waals surface area (Å²) in [6.07, 6.45) is 6.97. The fourth-order valence-electron chi connectivity index (χ4n) is 2.51. The lowest BCUT2D eigenvalue weighted by Crippen LogP contribution is -2.44. The standard InChI is InChI=1S/C14H27N3.HI/c1-4-10(2)17-14(15-3)16-9-13(11-5-6-11)12-7-8-12;/h10-13H,4-9H2,1-3H3,(H2,15,16,17);1H. The molecule has 2 N–H and O–H groups in total. The van der Waals surface area contributed by atoms with Crippen LogP contribution in [0.1, 0.15) is 46.0 Å². The second kappa shape index (κ2) is 7.56. The third-order valence-electron chi connectivity index (χ3n) is 4.18. The summed E-state index contributed by atoms with van der Waals surface area (Å²) in [5.41, 5.74) is 0. The first-order chi connectivity index (χ1) is 8.24. The Morgan fingerprint density at radius 1 is 1.22 bits per heavy atom. The number of nitrogens with zero attached hydrogens (tertiary/aromatic N) is 1. The summed E-state index contributed by atoms with van der Waals surface area (Å²) < 4.78 is 0. The second-order valence-corrected chi connectivity index (χ2v) is 5.75. The van der Waals surface area contributed by atoms with E-state index in [9.17, 15) is 0 Å². The fraction of sp³-hybridized carbons (Fsp3) is 0.929. The smallest absolute Gasteiger partial charge is 0.191 e. The Bertz CT molecular complexity index is 260. The highest BCUT2D eigenvalue weighted by Crippen LogP contribution is 2.48. The summed E-state index contributed by atoms with van der Waals surface area (Å²) in [6.45, 7) is 5.51. The maximum Gasteiger partial charge on any atom is 0.191 e. The summed E-state index contributed by atoms with van der Waals surface area (Å²) in [4.78, 5) is 4.30. The molecule has 4 heteroatoms. The molecule has 106 valence electrons. The fourth-order valence-corrected chi connectivity index (χ4v) is 2.51. The van der Waals surface area contributed by atoms with Crippen molar-refractivity contribution in [3.63, 3.8) is 0 Å². The molecule has 3 nitrogen and oxygen atoms in total. The van der Waals surface area contributed by atoms with Gasteiger partial charge in [0.1, 0.15) is 0 Å². The highest BCUT2D eigenvalue weighted by Gasteiger charge is 2.41. The van der Waals surface area contributed by atoms with Crippen LogP contribution >= 0.6 is 24.0 Å². The topological polar surface area (TPSA) is 36.4 Å². The van der Waals surface area contributed by atoms with Crippen molar-refractivity contribution >= 4 is 29.9 Å². The van der Waals surface area contributed by atoms with Gasteiger partial charge in [0.15, 0.2) is 5.96 Å². The first-order valence-electron chi connectivity index (χ1n) is 7.21. The highest BCUT2D eigenvalue weighted by atomic mass is 127. The Labute approximate surface area is 129 Å². The van der Waals surface area contributed by atoms with Crippen molar-refractivity contribution in [1.29, 1.82) is 0 Å². The van der Waals surface area contributed by atoms with Crippen LogP contribution in [0, 0.1) is 17.8 Å². The van der Waals surface area contributed by atoms with Crippen LogP contribution < -0.4 is 10.6 Å². The van der Waals surface area contributed by atoms with E-state index in [1.165, 1.54) is 25.7 Å². The van der Waals surface area contributed by atoms with E-state index in [4.69, 9.17) is 0 Å². The minimum atomic E-state index is 0. The summed E-state index contributed by atoms with van der Waals surface area (Å²) in [5.74, 6) is 3.91. The number of hydrogen-bond acceptors (Lipinski definition) is 1. The zero-order valence-electron chi connectivity index (χ0n) is 11.9. The van der Waals surface area contributed by atoms with Gasteiger partial charge >= 0.3 is 0 Å². The molecule has 0 aliphatic heterocycles. The Balaban J connectivity index is 0.00000162. The van der Waals surface area contributed by atoms with Crippen LogP contribution in [0.3, 0.4) is 0 Å². The van der Waals surface area contributed by atoms with Gasteiger partial charge in [-0.25, -0.2) is 0 Å². The van der Waals surface area contributed by atoms with E-state index < -0.39 is 0 Å². The quantitative estimate of drug-likeness (QED) is 0.431. The number of rotatable bonds is 6. The molecular weight excluding hydrogens is 337 g/mol. The molecule has 0 spiro atoms. The summed E-state index contributed by atoms with van der Waals surface area (Å²) in [5, 5.41) is 6.95. The van der Waals surface area contributed by atoms with Crippen molar-refractivity contribution in [2.24, 2.45) is 22.7 Å². The minimum Gasteiger partial charge on any atom is -0.356 e. The van der Waals surface area contributed by atoms with E-state index in [-0.39, 0.29) is 24.0 Å². The average Bonchev–Trinajstić information content (AvgIpc) is 3.18. The first kappa shape index (κ1) is 16.1. The van der Waals surface area contributed by atoms with Crippen LogP contribution in [0.15, 0.2) is 4.99 Å². The zero-order chi connectivity index (χ0) is 12.3. The number of halogens is 1. The van der Waals surface area contributed by atoms with Gasteiger partial charge in [0.05, 0.1) is 0 Å².